The molecule has 1 heterocycles. The fraction of sp³-hybridized carbons (Fsp3) is 0.500. The zero-order valence-corrected chi connectivity index (χ0v) is 14.1. The van der Waals surface area contributed by atoms with Crippen molar-refractivity contribution in [1.82, 2.24) is 14.8 Å². The zero-order valence-electron chi connectivity index (χ0n) is 13.3. The first-order valence-electron chi connectivity index (χ1n) is 8.31. The largest absolute Gasteiger partial charge is 0.303 e. The number of thioether (sulfide) groups is 1. The molecular weight excluding hydrogens is 304 g/mol. The Labute approximate surface area is 140 Å². The molecule has 2 aliphatic carbocycles. The van der Waals surface area contributed by atoms with E-state index in [4.69, 9.17) is 0 Å². The molecule has 2 aliphatic rings. The van der Waals surface area contributed by atoms with Crippen molar-refractivity contribution in [3.05, 3.63) is 41.2 Å². The lowest BCUT2D eigenvalue weighted by Gasteiger charge is -2.11. The summed E-state index contributed by atoms with van der Waals surface area (Å²) in [4.78, 5) is 0. The van der Waals surface area contributed by atoms with Crippen LogP contribution in [0.5, 0.6) is 0 Å². The Hall–Kier alpha value is -1.80. The molecule has 4 nitrogen and oxygen atoms in total. The highest BCUT2D eigenvalue weighted by molar-refractivity contribution is 8.00. The molecule has 2 saturated carbocycles. The summed E-state index contributed by atoms with van der Waals surface area (Å²) in [6, 6.07) is 11.4. The Bertz CT molecular complexity index is 735. The van der Waals surface area contributed by atoms with Gasteiger partial charge in [0.2, 0.25) is 0 Å². The molecule has 4 rings (SSSR count). The van der Waals surface area contributed by atoms with Gasteiger partial charge in [0.1, 0.15) is 11.1 Å². The molecule has 23 heavy (non-hydrogen) atoms. The summed E-state index contributed by atoms with van der Waals surface area (Å²) in [5.41, 5.74) is 2.45. The van der Waals surface area contributed by atoms with E-state index in [0.717, 1.165) is 17.4 Å². The van der Waals surface area contributed by atoms with Crippen molar-refractivity contribution in [2.24, 2.45) is 0 Å². The second kappa shape index (κ2) is 6.01. The molecule has 0 unspecified atom stereocenters. The number of aryl methyl sites for hydroxylation is 1. The summed E-state index contributed by atoms with van der Waals surface area (Å²) in [6.07, 6.45) is 5.67. The lowest BCUT2D eigenvalue weighted by Crippen LogP contribution is -2.08. The van der Waals surface area contributed by atoms with Crippen LogP contribution in [0, 0.1) is 18.3 Å². The lowest BCUT2D eigenvalue weighted by atomic mass is 10.1. The smallest absolute Gasteiger partial charge is 0.192 e. The summed E-state index contributed by atoms with van der Waals surface area (Å²) in [5.74, 6) is 1.76. The highest BCUT2D eigenvalue weighted by Gasteiger charge is 2.36. The predicted octanol–water partition coefficient (Wildman–Crippen LogP) is 4.03. The van der Waals surface area contributed by atoms with E-state index in [1.807, 2.05) is 0 Å². The quantitative estimate of drug-likeness (QED) is 0.753. The molecule has 2 aromatic rings. The van der Waals surface area contributed by atoms with E-state index in [1.165, 1.54) is 36.8 Å². The molecule has 0 saturated heterocycles. The van der Waals surface area contributed by atoms with E-state index in [0.29, 0.717) is 12.0 Å². The van der Waals surface area contributed by atoms with Gasteiger partial charge in [-0.1, -0.05) is 41.6 Å². The molecule has 0 aliphatic heterocycles. The molecule has 0 N–H and O–H groups in total. The molecule has 5 heteroatoms. The van der Waals surface area contributed by atoms with Crippen molar-refractivity contribution >= 4 is 11.8 Å². The molecule has 1 atom stereocenters. The van der Waals surface area contributed by atoms with Crippen molar-refractivity contribution in [1.29, 1.82) is 5.26 Å². The molecule has 1 aromatic carbocycles. The lowest BCUT2D eigenvalue weighted by molar-refractivity contribution is 0.626. The second-order valence-corrected chi connectivity index (χ2v) is 7.81. The van der Waals surface area contributed by atoms with E-state index in [-0.39, 0.29) is 5.25 Å². The average molecular weight is 324 g/mol. The van der Waals surface area contributed by atoms with Crippen molar-refractivity contribution < 1.29 is 0 Å². The maximum absolute atomic E-state index is 9.55. The molecule has 0 amide bonds. The fourth-order valence-electron chi connectivity index (χ4n) is 2.84. The Morgan fingerprint density at radius 3 is 2.57 bits per heavy atom. The first-order valence-corrected chi connectivity index (χ1v) is 9.19. The minimum absolute atomic E-state index is 0.119. The van der Waals surface area contributed by atoms with Crippen LogP contribution in [0.15, 0.2) is 29.4 Å². The van der Waals surface area contributed by atoms with Crippen LogP contribution in [0.2, 0.25) is 0 Å². The van der Waals surface area contributed by atoms with Gasteiger partial charge in [-0.2, -0.15) is 5.26 Å². The minimum atomic E-state index is -0.119. The number of nitriles is 1. The SMILES string of the molecule is Cc1ccc(C[C@H](C#N)Sc2nnc(C3CC3)n2C2CC2)cc1. The molecule has 0 radical (unpaired) electrons. The molecule has 1 aromatic heterocycles. The first kappa shape index (κ1) is 14.8. The number of aromatic nitrogens is 3. The summed E-state index contributed by atoms with van der Waals surface area (Å²) in [6.45, 7) is 2.08. The van der Waals surface area contributed by atoms with Crippen LogP contribution in [0.4, 0.5) is 0 Å². The van der Waals surface area contributed by atoms with Gasteiger partial charge < -0.3 is 4.57 Å². The Morgan fingerprint density at radius 1 is 1.22 bits per heavy atom. The first-order chi connectivity index (χ1) is 11.2. The van der Waals surface area contributed by atoms with Crippen molar-refractivity contribution in [3.63, 3.8) is 0 Å². The molecule has 118 valence electrons. The Morgan fingerprint density at radius 2 is 1.96 bits per heavy atom. The summed E-state index contributed by atoms with van der Waals surface area (Å²) in [7, 11) is 0. The van der Waals surface area contributed by atoms with E-state index >= 15 is 0 Å². The van der Waals surface area contributed by atoms with Gasteiger partial charge in [0.15, 0.2) is 5.16 Å². The van der Waals surface area contributed by atoms with Gasteiger partial charge >= 0.3 is 0 Å². The number of benzene rings is 1. The van der Waals surface area contributed by atoms with Crippen LogP contribution in [0.1, 0.15) is 54.6 Å². The third kappa shape index (κ3) is 3.28. The average Bonchev–Trinajstić information content (AvgIpc) is 3.48. The number of hydrogen-bond donors (Lipinski definition) is 0. The van der Waals surface area contributed by atoms with Crippen LogP contribution in [0.3, 0.4) is 0 Å². The van der Waals surface area contributed by atoms with Gasteiger partial charge in [0.25, 0.3) is 0 Å². The van der Waals surface area contributed by atoms with Crippen LogP contribution >= 0.6 is 11.8 Å². The van der Waals surface area contributed by atoms with E-state index in [1.54, 1.807) is 11.8 Å². The van der Waals surface area contributed by atoms with Gasteiger partial charge in [-0.25, -0.2) is 0 Å². The maximum Gasteiger partial charge on any atom is 0.192 e. The van der Waals surface area contributed by atoms with E-state index in [9.17, 15) is 5.26 Å². The van der Waals surface area contributed by atoms with E-state index < -0.39 is 0 Å². The van der Waals surface area contributed by atoms with E-state index in [2.05, 4.69) is 52.0 Å². The standard InChI is InChI=1S/C18H20N4S/c1-12-2-4-13(5-3-12)10-16(11-19)23-18-21-20-17(14-6-7-14)22(18)15-8-9-15/h2-5,14-16H,6-10H2,1H3/t16-/m1/s1. The normalized spacial score (nSPS) is 18.6. The maximum atomic E-state index is 9.55. The zero-order chi connectivity index (χ0) is 15.8. The van der Waals surface area contributed by atoms with Crippen molar-refractivity contribution in [2.45, 2.75) is 61.4 Å². The Balaban J connectivity index is 1.51. The van der Waals surface area contributed by atoms with Crippen LogP contribution < -0.4 is 0 Å². The topological polar surface area (TPSA) is 54.5 Å². The van der Waals surface area contributed by atoms with Crippen molar-refractivity contribution in [2.75, 3.05) is 0 Å². The van der Waals surface area contributed by atoms with Gasteiger partial charge in [-0.3, -0.25) is 0 Å². The third-order valence-corrected chi connectivity index (χ3v) is 5.52. The molecule has 0 spiro atoms. The van der Waals surface area contributed by atoms with Gasteiger partial charge in [0, 0.05) is 12.0 Å². The summed E-state index contributed by atoms with van der Waals surface area (Å²) < 4.78 is 2.32. The van der Waals surface area contributed by atoms with Crippen LogP contribution in [-0.4, -0.2) is 20.0 Å². The number of hydrogen-bond acceptors (Lipinski definition) is 4. The Kier molecular flexibility index (Phi) is 3.86. The fourth-order valence-corrected chi connectivity index (χ4v) is 3.87. The monoisotopic (exact) mass is 324 g/mol. The van der Waals surface area contributed by atoms with Gasteiger partial charge in [-0.15, -0.1) is 10.2 Å². The van der Waals surface area contributed by atoms with Crippen LogP contribution in [0.25, 0.3) is 0 Å². The minimum Gasteiger partial charge on any atom is -0.303 e. The second-order valence-electron chi connectivity index (χ2n) is 6.64. The van der Waals surface area contributed by atoms with Gasteiger partial charge in [0.05, 0.1) is 6.07 Å². The highest BCUT2D eigenvalue weighted by atomic mass is 32.2. The third-order valence-electron chi connectivity index (χ3n) is 4.48. The summed E-state index contributed by atoms with van der Waals surface area (Å²) in [5, 5.41) is 19.2. The molecular formula is C18H20N4S. The molecule has 0 bridgehead atoms. The van der Waals surface area contributed by atoms with Crippen molar-refractivity contribution in [3.8, 4) is 6.07 Å². The number of nitrogens with zero attached hydrogens (tertiary/aromatic N) is 4. The van der Waals surface area contributed by atoms with Gasteiger partial charge in [-0.05, 0) is 44.6 Å². The predicted molar refractivity (Wildman–Crippen MR) is 90.4 cm³/mol. The molecule has 2 fully saturated rings. The highest BCUT2D eigenvalue weighted by Crippen LogP contribution is 2.46. The number of rotatable bonds is 6. The summed E-state index contributed by atoms with van der Waals surface area (Å²) >= 11 is 1.58. The van der Waals surface area contributed by atoms with Crippen LogP contribution in [-0.2, 0) is 6.42 Å².